The van der Waals surface area contributed by atoms with E-state index in [1.54, 1.807) is 12.4 Å². The molecule has 1 saturated heterocycles. The van der Waals surface area contributed by atoms with Crippen molar-refractivity contribution in [3.05, 3.63) is 18.7 Å². The van der Waals surface area contributed by atoms with Gasteiger partial charge in [0.15, 0.2) is 0 Å². The van der Waals surface area contributed by atoms with E-state index >= 15 is 0 Å². The lowest BCUT2D eigenvalue weighted by Gasteiger charge is -2.29. The minimum absolute atomic E-state index is 0.00588. The lowest BCUT2D eigenvalue weighted by molar-refractivity contribution is -0.129. The van der Waals surface area contributed by atoms with Crippen LogP contribution in [0.2, 0.25) is 0 Å². The topological polar surface area (TPSA) is 64.1 Å². The number of amides is 1. The zero-order valence-corrected chi connectivity index (χ0v) is 9.93. The smallest absolute Gasteiger partial charge is 0.230 e. The van der Waals surface area contributed by atoms with Crippen molar-refractivity contribution in [3.8, 4) is 0 Å². The highest BCUT2D eigenvalue weighted by molar-refractivity contribution is 5.92. The number of rotatable bonds is 3. The van der Waals surface area contributed by atoms with E-state index in [1.807, 2.05) is 6.92 Å². The quantitative estimate of drug-likeness (QED) is 0.864. The first-order valence-electron chi connectivity index (χ1n) is 5.98. The van der Waals surface area contributed by atoms with Gasteiger partial charge >= 0.3 is 0 Å². The number of carbonyl (C=O) groups is 1. The molecular formula is C12H17N3O2. The zero-order valence-electron chi connectivity index (χ0n) is 9.93. The molecule has 1 aliphatic rings. The average Bonchev–Trinajstić information content (AvgIpc) is 2.40. The molecule has 1 amide bonds. The number of nitrogens with zero attached hydrogens (tertiary/aromatic N) is 2. The molecule has 0 bridgehead atoms. The van der Waals surface area contributed by atoms with Gasteiger partial charge in [0.25, 0.3) is 0 Å². The van der Waals surface area contributed by atoms with E-state index in [0.717, 1.165) is 25.9 Å². The van der Waals surface area contributed by atoms with Crippen LogP contribution in [-0.4, -0.2) is 28.6 Å². The summed E-state index contributed by atoms with van der Waals surface area (Å²) in [5, 5.41) is 2.83. The van der Waals surface area contributed by atoms with Crippen molar-refractivity contribution in [2.75, 3.05) is 11.9 Å². The largest absolute Gasteiger partial charge is 0.377 e. The SMILES string of the molecule is CCC1OCCCC1C(=O)Nc1cncnc1. The molecule has 0 aromatic carbocycles. The van der Waals surface area contributed by atoms with Crippen LogP contribution in [0, 0.1) is 5.92 Å². The van der Waals surface area contributed by atoms with Gasteiger partial charge in [-0.3, -0.25) is 4.79 Å². The fraction of sp³-hybridized carbons (Fsp3) is 0.583. The van der Waals surface area contributed by atoms with Gasteiger partial charge in [-0.05, 0) is 19.3 Å². The summed E-state index contributed by atoms with van der Waals surface area (Å²) in [6, 6.07) is 0. The standard InChI is InChI=1S/C12H17N3O2/c1-2-11-10(4-3-5-17-11)12(16)15-9-6-13-8-14-7-9/h6-8,10-11H,2-5H2,1H3,(H,15,16). The lowest BCUT2D eigenvalue weighted by atomic mass is 9.92. The molecule has 5 heteroatoms. The molecule has 2 heterocycles. The Bertz CT molecular complexity index is 369. The van der Waals surface area contributed by atoms with Gasteiger partial charge in [0, 0.05) is 6.61 Å². The van der Waals surface area contributed by atoms with Crippen LogP contribution in [-0.2, 0) is 9.53 Å². The van der Waals surface area contributed by atoms with Gasteiger partial charge in [-0.2, -0.15) is 0 Å². The normalized spacial score (nSPS) is 24.3. The molecule has 0 radical (unpaired) electrons. The first kappa shape index (κ1) is 12.0. The molecule has 92 valence electrons. The van der Waals surface area contributed by atoms with Crippen LogP contribution in [0.3, 0.4) is 0 Å². The summed E-state index contributed by atoms with van der Waals surface area (Å²) >= 11 is 0. The number of nitrogens with one attached hydrogen (secondary N) is 1. The van der Waals surface area contributed by atoms with Crippen LogP contribution in [0.25, 0.3) is 0 Å². The minimum Gasteiger partial charge on any atom is -0.377 e. The summed E-state index contributed by atoms with van der Waals surface area (Å²) in [7, 11) is 0. The highest BCUT2D eigenvalue weighted by Gasteiger charge is 2.30. The van der Waals surface area contributed by atoms with Gasteiger partial charge in [-0.25, -0.2) is 9.97 Å². The molecular weight excluding hydrogens is 218 g/mol. The maximum Gasteiger partial charge on any atom is 0.230 e. The molecule has 0 spiro atoms. The van der Waals surface area contributed by atoms with E-state index in [2.05, 4.69) is 15.3 Å². The van der Waals surface area contributed by atoms with Crippen molar-refractivity contribution in [1.29, 1.82) is 0 Å². The summed E-state index contributed by atoms with van der Waals surface area (Å²) in [5.74, 6) is -0.0553. The minimum atomic E-state index is -0.0612. The third kappa shape index (κ3) is 3.00. The Labute approximate surface area is 101 Å². The molecule has 1 aliphatic heterocycles. The Balaban J connectivity index is 1.99. The van der Waals surface area contributed by atoms with Gasteiger partial charge < -0.3 is 10.1 Å². The van der Waals surface area contributed by atoms with Gasteiger partial charge in [0.1, 0.15) is 6.33 Å². The summed E-state index contributed by atoms with van der Waals surface area (Å²) in [6.45, 7) is 2.80. The Kier molecular flexibility index (Phi) is 4.03. The highest BCUT2D eigenvalue weighted by atomic mass is 16.5. The zero-order chi connectivity index (χ0) is 12.1. The predicted octanol–water partition coefficient (Wildman–Crippen LogP) is 1.62. The lowest BCUT2D eigenvalue weighted by Crippen LogP contribution is -2.37. The second kappa shape index (κ2) is 5.72. The maximum absolute atomic E-state index is 12.1. The van der Waals surface area contributed by atoms with Crippen molar-refractivity contribution in [3.63, 3.8) is 0 Å². The van der Waals surface area contributed by atoms with Gasteiger partial charge in [-0.15, -0.1) is 0 Å². The maximum atomic E-state index is 12.1. The first-order chi connectivity index (χ1) is 8.31. The molecule has 1 fully saturated rings. The molecule has 5 nitrogen and oxygen atoms in total. The van der Waals surface area contributed by atoms with Crippen molar-refractivity contribution >= 4 is 11.6 Å². The number of hydrogen-bond donors (Lipinski definition) is 1. The number of ether oxygens (including phenoxy) is 1. The fourth-order valence-electron chi connectivity index (χ4n) is 2.14. The van der Waals surface area contributed by atoms with E-state index < -0.39 is 0 Å². The van der Waals surface area contributed by atoms with E-state index in [0.29, 0.717) is 5.69 Å². The number of carbonyl (C=O) groups excluding carboxylic acids is 1. The number of anilines is 1. The second-order valence-corrected chi connectivity index (χ2v) is 4.18. The van der Waals surface area contributed by atoms with Gasteiger partial charge in [-0.1, -0.05) is 6.92 Å². The molecule has 2 unspecified atom stereocenters. The Morgan fingerprint density at radius 3 is 3.00 bits per heavy atom. The summed E-state index contributed by atoms with van der Waals surface area (Å²) < 4.78 is 5.61. The van der Waals surface area contributed by atoms with E-state index in [1.165, 1.54) is 6.33 Å². The average molecular weight is 235 g/mol. The monoisotopic (exact) mass is 235 g/mol. The molecule has 2 rings (SSSR count). The van der Waals surface area contributed by atoms with Crippen molar-refractivity contribution in [2.24, 2.45) is 5.92 Å². The van der Waals surface area contributed by atoms with Gasteiger partial charge in [0.2, 0.25) is 5.91 Å². The van der Waals surface area contributed by atoms with Crippen LogP contribution in [0.5, 0.6) is 0 Å². The van der Waals surface area contributed by atoms with Crippen molar-refractivity contribution < 1.29 is 9.53 Å². The third-order valence-electron chi connectivity index (χ3n) is 3.01. The van der Waals surface area contributed by atoms with Crippen LogP contribution in [0.1, 0.15) is 26.2 Å². The summed E-state index contributed by atoms with van der Waals surface area (Å²) in [5.41, 5.74) is 0.637. The Hall–Kier alpha value is -1.49. The first-order valence-corrected chi connectivity index (χ1v) is 5.98. The second-order valence-electron chi connectivity index (χ2n) is 4.18. The highest BCUT2D eigenvalue weighted by Crippen LogP contribution is 2.24. The van der Waals surface area contributed by atoms with Gasteiger partial charge in [0.05, 0.1) is 30.1 Å². The van der Waals surface area contributed by atoms with E-state index in [4.69, 9.17) is 4.74 Å². The third-order valence-corrected chi connectivity index (χ3v) is 3.01. The molecule has 1 aromatic rings. The molecule has 1 aromatic heterocycles. The molecule has 1 N–H and O–H groups in total. The number of hydrogen-bond acceptors (Lipinski definition) is 4. The summed E-state index contributed by atoms with van der Waals surface area (Å²) in [6.07, 6.45) is 7.36. The van der Waals surface area contributed by atoms with E-state index in [9.17, 15) is 4.79 Å². The number of aromatic nitrogens is 2. The van der Waals surface area contributed by atoms with Crippen LogP contribution in [0.15, 0.2) is 18.7 Å². The van der Waals surface area contributed by atoms with E-state index in [-0.39, 0.29) is 17.9 Å². The molecule has 0 aliphatic carbocycles. The van der Waals surface area contributed by atoms with Crippen LogP contribution >= 0.6 is 0 Å². The summed E-state index contributed by atoms with van der Waals surface area (Å²) in [4.78, 5) is 19.8. The van der Waals surface area contributed by atoms with Crippen LogP contribution < -0.4 is 5.32 Å². The molecule has 0 saturated carbocycles. The van der Waals surface area contributed by atoms with Crippen LogP contribution in [0.4, 0.5) is 5.69 Å². The predicted molar refractivity (Wildman–Crippen MR) is 63.4 cm³/mol. The molecule has 2 atom stereocenters. The Morgan fingerprint density at radius 1 is 1.53 bits per heavy atom. The van der Waals surface area contributed by atoms with Crippen molar-refractivity contribution in [1.82, 2.24) is 9.97 Å². The Morgan fingerprint density at radius 2 is 2.29 bits per heavy atom. The van der Waals surface area contributed by atoms with Crippen molar-refractivity contribution in [2.45, 2.75) is 32.3 Å². The molecule has 17 heavy (non-hydrogen) atoms. The fourth-order valence-corrected chi connectivity index (χ4v) is 2.14.